The van der Waals surface area contributed by atoms with Crippen molar-refractivity contribution in [3.05, 3.63) is 93.5 Å². The van der Waals surface area contributed by atoms with Crippen molar-refractivity contribution >= 4 is 17.1 Å². The van der Waals surface area contributed by atoms with Crippen LogP contribution in [-0.4, -0.2) is 19.3 Å². The average Bonchev–Trinajstić information content (AvgIpc) is 3.10. The van der Waals surface area contributed by atoms with Crippen molar-refractivity contribution in [2.45, 2.75) is 19.6 Å². The minimum Gasteiger partial charge on any atom is -0.386 e. The smallest absolute Gasteiger partial charge is 0.276 e. The van der Waals surface area contributed by atoms with Gasteiger partial charge in [0.25, 0.3) is 5.56 Å². The topological polar surface area (TPSA) is 59.5 Å². The molecule has 0 radical (unpaired) electrons. The number of aryl methyl sites for hydroxylation is 1. The minimum absolute atomic E-state index is 0.115. The van der Waals surface area contributed by atoms with Gasteiger partial charge in [0.15, 0.2) is 0 Å². The van der Waals surface area contributed by atoms with Crippen LogP contribution >= 0.6 is 11.6 Å². The third kappa shape index (κ3) is 3.39. The first-order chi connectivity index (χ1) is 13.0. The zero-order valence-electron chi connectivity index (χ0n) is 14.7. The molecule has 1 unspecified atom stereocenters. The van der Waals surface area contributed by atoms with Crippen molar-refractivity contribution in [3.8, 4) is 11.3 Å². The molecule has 2 aromatic heterocycles. The van der Waals surface area contributed by atoms with E-state index in [1.165, 1.54) is 10.1 Å². The SMILES string of the molecule is Cc1ccc(-c2cc3c(=O)n(CC(O)c4ccccc4Cl)ccn3n2)cc1. The second kappa shape index (κ2) is 7.02. The van der Waals surface area contributed by atoms with Crippen molar-refractivity contribution in [2.24, 2.45) is 0 Å². The van der Waals surface area contributed by atoms with Crippen LogP contribution in [-0.2, 0) is 6.54 Å². The van der Waals surface area contributed by atoms with E-state index in [0.29, 0.717) is 16.1 Å². The fourth-order valence-corrected chi connectivity index (χ4v) is 3.33. The zero-order valence-corrected chi connectivity index (χ0v) is 15.5. The van der Waals surface area contributed by atoms with Gasteiger partial charge in [0.05, 0.1) is 18.3 Å². The van der Waals surface area contributed by atoms with Crippen LogP contribution in [0.25, 0.3) is 16.8 Å². The summed E-state index contributed by atoms with van der Waals surface area (Å²) in [4.78, 5) is 12.8. The maximum absolute atomic E-state index is 12.8. The fourth-order valence-electron chi connectivity index (χ4n) is 3.07. The molecule has 4 rings (SSSR count). The number of aliphatic hydroxyl groups is 1. The lowest BCUT2D eigenvalue weighted by Gasteiger charge is -2.14. The predicted molar refractivity (Wildman–Crippen MR) is 106 cm³/mol. The molecule has 0 aliphatic rings. The summed E-state index contributed by atoms with van der Waals surface area (Å²) in [6.45, 7) is 2.14. The van der Waals surface area contributed by atoms with Gasteiger partial charge in [-0.05, 0) is 19.1 Å². The summed E-state index contributed by atoms with van der Waals surface area (Å²) < 4.78 is 3.04. The lowest BCUT2D eigenvalue weighted by Crippen LogP contribution is -2.24. The zero-order chi connectivity index (χ0) is 19.0. The Bertz CT molecular complexity index is 1160. The highest BCUT2D eigenvalue weighted by molar-refractivity contribution is 6.31. The molecule has 4 aromatic rings. The number of nitrogens with zero attached hydrogens (tertiary/aromatic N) is 3. The summed E-state index contributed by atoms with van der Waals surface area (Å²) in [5, 5.41) is 15.5. The Labute approximate surface area is 161 Å². The minimum atomic E-state index is -0.877. The Morgan fingerprint density at radius 2 is 1.85 bits per heavy atom. The largest absolute Gasteiger partial charge is 0.386 e. The number of rotatable bonds is 4. The van der Waals surface area contributed by atoms with Gasteiger partial charge in [-0.25, -0.2) is 4.52 Å². The van der Waals surface area contributed by atoms with Crippen LogP contribution in [0.15, 0.2) is 71.8 Å². The highest BCUT2D eigenvalue weighted by atomic mass is 35.5. The lowest BCUT2D eigenvalue weighted by molar-refractivity contribution is 0.155. The van der Waals surface area contributed by atoms with Crippen LogP contribution in [0.1, 0.15) is 17.2 Å². The van der Waals surface area contributed by atoms with Crippen molar-refractivity contribution in [2.75, 3.05) is 0 Å². The third-order valence-electron chi connectivity index (χ3n) is 4.58. The molecule has 136 valence electrons. The molecule has 0 fully saturated rings. The molecule has 2 aromatic carbocycles. The van der Waals surface area contributed by atoms with Crippen molar-refractivity contribution in [1.29, 1.82) is 0 Å². The van der Waals surface area contributed by atoms with Gasteiger partial charge < -0.3 is 9.67 Å². The quantitative estimate of drug-likeness (QED) is 0.585. The molecule has 0 aliphatic heterocycles. The number of aromatic nitrogens is 3. The lowest BCUT2D eigenvalue weighted by atomic mass is 10.1. The van der Waals surface area contributed by atoms with Crippen LogP contribution < -0.4 is 5.56 Å². The maximum Gasteiger partial charge on any atom is 0.276 e. The summed E-state index contributed by atoms with van der Waals surface area (Å²) >= 11 is 6.14. The van der Waals surface area contributed by atoms with Gasteiger partial charge >= 0.3 is 0 Å². The van der Waals surface area contributed by atoms with Crippen LogP contribution in [0.2, 0.25) is 5.02 Å². The number of benzene rings is 2. The summed E-state index contributed by atoms with van der Waals surface area (Å²) in [5.74, 6) is 0. The van der Waals surface area contributed by atoms with Crippen LogP contribution in [0.5, 0.6) is 0 Å². The van der Waals surface area contributed by atoms with E-state index in [0.717, 1.165) is 11.3 Å². The Morgan fingerprint density at radius 3 is 2.59 bits per heavy atom. The number of aliphatic hydroxyl groups excluding tert-OH is 1. The molecule has 0 aliphatic carbocycles. The second-order valence-electron chi connectivity index (χ2n) is 6.52. The van der Waals surface area contributed by atoms with E-state index in [4.69, 9.17) is 11.6 Å². The van der Waals surface area contributed by atoms with Gasteiger partial charge in [0.1, 0.15) is 5.52 Å². The van der Waals surface area contributed by atoms with Gasteiger partial charge in [-0.2, -0.15) is 5.10 Å². The molecule has 0 saturated carbocycles. The molecule has 1 atom stereocenters. The first-order valence-corrected chi connectivity index (χ1v) is 8.99. The van der Waals surface area contributed by atoms with Crippen molar-refractivity contribution in [1.82, 2.24) is 14.2 Å². The van der Waals surface area contributed by atoms with E-state index >= 15 is 0 Å². The van der Waals surface area contributed by atoms with E-state index in [9.17, 15) is 9.90 Å². The van der Waals surface area contributed by atoms with Gasteiger partial charge in [-0.1, -0.05) is 59.6 Å². The standard InChI is InChI=1S/C21H18ClN3O2/c1-14-6-8-15(9-7-14)18-12-19-21(27)24(10-11-25(19)23-18)13-20(26)16-4-2-3-5-17(16)22/h2-12,20,26H,13H2,1H3. The molecule has 0 spiro atoms. The monoisotopic (exact) mass is 379 g/mol. The number of fused-ring (bicyclic) bond motifs is 1. The molecular weight excluding hydrogens is 362 g/mol. The Hall–Kier alpha value is -2.89. The number of halogens is 1. The molecule has 27 heavy (non-hydrogen) atoms. The molecular formula is C21H18ClN3O2. The molecule has 0 amide bonds. The Balaban J connectivity index is 1.69. The molecule has 0 saturated heterocycles. The predicted octanol–water partition coefficient (Wildman–Crippen LogP) is 3.86. The van der Waals surface area contributed by atoms with Crippen LogP contribution in [0, 0.1) is 6.92 Å². The number of hydrogen-bond acceptors (Lipinski definition) is 3. The van der Waals surface area contributed by atoms with E-state index < -0.39 is 6.10 Å². The molecule has 5 nitrogen and oxygen atoms in total. The molecule has 0 bridgehead atoms. The molecule has 2 heterocycles. The first kappa shape index (κ1) is 17.5. The van der Waals surface area contributed by atoms with Gasteiger partial charge in [-0.15, -0.1) is 0 Å². The van der Waals surface area contributed by atoms with Crippen LogP contribution in [0.4, 0.5) is 0 Å². The normalized spacial score (nSPS) is 12.4. The van der Waals surface area contributed by atoms with E-state index in [1.807, 2.05) is 31.2 Å². The van der Waals surface area contributed by atoms with E-state index in [1.54, 1.807) is 47.2 Å². The summed E-state index contributed by atoms with van der Waals surface area (Å²) in [6, 6.07) is 16.8. The highest BCUT2D eigenvalue weighted by Gasteiger charge is 2.15. The van der Waals surface area contributed by atoms with E-state index in [2.05, 4.69) is 5.10 Å². The van der Waals surface area contributed by atoms with Crippen molar-refractivity contribution in [3.63, 3.8) is 0 Å². The maximum atomic E-state index is 12.8. The average molecular weight is 380 g/mol. The van der Waals surface area contributed by atoms with Gasteiger partial charge in [0, 0.05) is 28.5 Å². The first-order valence-electron chi connectivity index (χ1n) is 8.61. The summed E-state index contributed by atoms with van der Waals surface area (Å²) in [6.07, 6.45) is 2.47. The van der Waals surface area contributed by atoms with E-state index in [-0.39, 0.29) is 12.1 Å². The summed E-state index contributed by atoms with van der Waals surface area (Å²) in [5.41, 5.74) is 3.69. The Morgan fingerprint density at radius 1 is 1.11 bits per heavy atom. The van der Waals surface area contributed by atoms with Gasteiger partial charge in [0.2, 0.25) is 0 Å². The second-order valence-corrected chi connectivity index (χ2v) is 6.93. The van der Waals surface area contributed by atoms with Crippen molar-refractivity contribution < 1.29 is 5.11 Å². The third-order valence-corrected chi connectivity index (χ3v) is 4.93. The van der Waals surface area contributed by atoms with Gasteiger partial charge in [-0.3, -0.25) is 4.79 Å². The highest BCUT2D eigenvalue weighted by Crippen LogP contribution is 2.24. The van der Waals surface area contributed by atoms with Crippen LogP contribution in [0.3, 0.4) is 0 Å². The number of hydrogen-bond donors (Lipinski definition) is 1. The fraction of sp³-hybridized carbons (Fsp3) is 0.143. The molecule has 6 heteroatoms. The molecule has 1 N–H and O–H groups in total. The Kier molecular flexibility index (Phi) is 4.56. The summed E-state index contributed by atoms with van der Waals surface area (Å²) in [7, 11) is 0.